The van der Waals surface area contributed by atoms with Crippen molar-refractivity contribution in [2.24, 2.45) is 11.8 Å². The standard InChI is InChI=1S/C16H32N2/c1-4-17-11-14-9-10-16(14)18(12-13(2)3)15-7-5-6-8-15/h13-17H,4-12H2,1-3H3. The first-order chi connectivity index (χ1) is 8.72. The van der Waals surface area contributed by atoms with Crippen LogP contribution in [0.1, 0.15) is 59.3 Å². The average molecular weight is 252 g/mol. The van der Waals surface area contributed by atoms with Gasteiger partial charge >= 0.3 is 0 Å². The minimum absolute atomic E-state index is 0.811. The molecule has 2 atom stereocenters. The minimum atomic E-state index is 0.811. The highest BCUT2D eigenvalue weighted by molar-refractivity contribution is 4.94. The molecule has 18 heavy (non-hydrogen) atoms. The Morgan fingerprint density at radius 3 is 2.33 bits per heavy atom. The van der Waals surface area contributed by atoms with Crippen molar-refractivity contribution < 1.29 is 0 Å². The van der Waals surface area contributed by atoms with Crippen LogP contribution in [-0.4, -0.2) is 36.6 Å². The molecule has 0 spiro atoms. The van der Waals surface area contributed by atoms with Crippen molar-refractivity contribution in [2.45, 2.75) is 71.4 Å². The number of rotatable bonds is 7. The summed E-state index contributed by atoms with van der Waals surface area (Å²) in [5, 5.41) is 3.55. The molecule has 0 radical (unpaired) electrons. The molecule has 106 valence electrons. The normalized spacial score (nSPS) is 29.2. The van der Waals surface area contributed by atoms with E-state index in [1.54, 1.807) is 0 Å². The molecule has 0 amide bonds. The highest BCUT2D eigenvalue weighted by Gasteiger charge is 2.38. The van der Waals surface area contributed by atoms with Crippen molar-refractivity contribution in [1.82, 2.24) is 10.2 Å². The molecule has 2 unspecified atom stereocenters. The summed E-state index contributed by atoms with van der Waals surface area (Å²) in [6, 6.07) is 1.79. The summed E-state index contributed by atoms with van der Waals surface area (Å²) in [5.41, 5.74) is 0. The van der Waals surface area contributed by atoms with Crippen molar-refractivity contribution in [3.63, 3.8) is 0 Å². The monoisotopic (exact) mass is 252 g/mol. The third-order valence-electron chi connectivity index (χ3n) is 4.83. The van der Waals surface area contributed by atoms with Gasteiger partial charge in [0.15, 0.2) is 0 Å². The van der Waals surface area contributed by atoms with E-state index in [2.05, 4.69) is 31.0 Å². The Balaban J connectivity index is 1.90. The molecule has 0 bridgehead atoms. The summed E-state index contributed by atoms with van der Waals surface area (Å²) in [5.74, 6) is 1.73. The molecule has 2 saturated carbocycles. The predicted molar refractivity (Wildman–Crippen MR) is 78.9 cm³/mol. The van der Waals surface area contributed by atoms with E-state index < -0.39 is 0 Å². The van der Waals surface area contributed by atoms with Crippen LogP contribution in [0.2, 0.25) is 0 Å². The maximum Gasteiger partial charge on any atom is 0.0139 e. The zero-order chi connectivity index (χ0) is 13.0. The van der Waals surface area contributed by atoms with Gasteiger partial charge in [-0.15, -0.1) is 0 Å². The van der Waals surface area contributed by atoms with Crippen molar-refractivity contribution in [3.8, 4) is 0 Å². The van der Waals surface area contributed by atoms with E-state index in [-0.39, 0.29) is 0 Å². The molecule has 2 aliphatic carbocycles. The van der Waals surface area contributed by atoms with Gasteiger partial charge in [-0.1, -0.05) is 33.6 Å². The highest BCUT2D eigenvalue weighted by Crippen LogP contribution is 2.37. The van der Waals surface area contributed by atoms with Crippen molar-refractivity contribution in [2.75, 3.05) is 19.6 Å². The molecule has 0 saturated heterocycles. The molecule has 2 nitrogen and oxygen atoms in total. The minimum Gasteiger partial charge on any atom is -0.317 e. The Kier molecular flexibility index (Phi) is 5.50. The van der Waals surface area contributed by atoms with Gasteiger partial charge in [0.25, 0.3) is 0 Å². The average Bonchev–Trinajstić information content (AvgIpc) is 2.80. The van der Waals surface area contributed by atoms with Crippen molar-refractivity contribution in [1.29, 1.82) is 0 Å². The first-order valence-corrected chi connectivity index (χ1v) is 8.18. The maximum atomic E-state index is 3.55. The Morgan fingerprint density at radius 2 is 1.83 bits per heavy atom. The molecule has 2 heteroatoms. The first kappa shape index (κ1) is 14.3. The molecular weight excluding hydrogens is 220 g/mol. The largest absolute Gasteiger partial charge is 0.317 e. The lowest BCUT2D eigenvalue weighted by Crippen LogP contribution is -2.54. The lowest BCUT2D eigenvalue weighted by atomic mass is 9.77. The molecule has 0 heterocycles. The van der Waals surface area contributed by atoms with Gasteiger partial charge in [0, 0.05) is 18.6 Å². The molecule has 2 rings (SSSR count). The smallest absolute Gasteiger partial charge is 0.0139 e. The van der Waals surface area contributed by atoms with Gasteiger partial charge in [-0.2, -0.15) is 0 Å². The summed E-state index contributed by atoms with van der Waals surface area (Å²) in [6.45, 7) is 10.6. The van der Waals surface area contributed by atoms with Crippen LogP contribution < -0.4 is 5.32 Å². The zero-order valence-electron chi connectivity index (χ0n) is 12.6. The Labute approximate surface area is 114 Å². The quantitative estimate of drug-likeness (QED) is 0.748. The first-order valence-electron chi connectivity index (χ1n) is 8.18. The summed E-state index contributed by atoms with van der Waals surface area (Å²) >= 11 is 0. The highest BCUT2D eigenvalue weighted by atomic mass is 15.2. The summed E-state index contributed by atoms with van der Waals surface area (Å²) in [4.78, 5) is 2.89. The number of nitrogens with zero attached hydrogens (tertiary/aromatic N) is 1. The van der Waals surface area contributed by atoms with Crippen molar-refractivity contribution in [3.05, 3.63) is 0 Å². The van der Waals surface area contributed by atoms with Gasteiger partial charge in [-0.3, -0.25) is 4.90 Å². The second-order valence-corrected chi connectivity index (χ2v) is 6.74. The molecule has 1 N–H and O–H groups in total. The van der Waals surface area contributed by atoms with E-state index in [1.807, 2.05) is 0 Å². The lowest BCUT2D eigenvalue weighted by Gasteiger charge is -2.48. The topological polar surface area (TPSA) is 15.3 Å². The van der Waals surface area contributed by atoms with Crippen LogP contribution in [-0.2, 0) is 0 Å². The van der Waals surface area contributed by atoms with E-state index in [0.717, 1.165) is 30.5 Å². The van der Waals surface area contributed by atoms with E-state index in [9.17, 15) is 0 Å². The molecule has 0 aliphatic heterocycles. The van der Waals surface area contributed by atoms with Crippen molar-refractivity contribution >= 4 is 0 Å². The summed E-state index contributed by atoms with van der Waals surface area (Å²) in [6.07, 6.45) is 8.72. The van der Waals surface area contributed by atoms with E-state index in [4.69, 9.17) is 0 Å². The van der Waals surface area contributed by atoms with E-state index >= 15 is 0 Å². The van der Waals surface area contributed by atoms with Gasteiger partial charge in [-0.25, -0.2) is 0 Å². The SMILES string of the molecule is CCNCC1CCC1N(CC(C)C)C1CCCC1. The van der Waals surface area contributed by atoms with E-state index in [1.165, 1.54) is 51.6 Å². The van der Waals surface area contributed by atoms with E-state index in [0.29, 0.717) is 0 Å². The second-order valence-electron chi connectivity index (χ2n) is 6.74. The number of nitrogens with one attached hydrogen (secondary N) is 1. The van der Waals surface area contributed by atoms with Crippen LogP contribution in [0.25, 0.3) is 0 Å². The van der Waals surface area contributed by atoms with Gasteiger partial charge in [0.05, 0.1) is 0 Å². The van der Waals surface area contributed by atoms with Gasteiger partial charge < -0.3 is 5.32 Å². The lowest BCUT2D eigenvalue weighted by molar-refractivity contribution is 0.0202. The third kappa shape index (κ3) is 3.48. The van der Waals surface area contributed by atoms with Gasteiger partial charge in [-0.05, 0) is 50.6 Å². The molecule has 0 aromatic rings. The van der Waals surface area contributed by atoms with Crippen LogP contribution in [0.4, 0.5) is 0 Å². The third-order valence-corrected chi connectivity index (χ3v) is 4.83. The maximum absolute atomic E-state index is 3.55. The Bertz CT molecular complexity index is 233. The van der Waals surface area contributed by atoms with Crippen LogP contribution in [0, 0.1) is 11.8 Å². The molecular formula is C16H32N2. The molecule has 2 fully saturated rings. The fourth-order valence-electron chi connectivity index (χ4n) is 3.77. The Hall–Kier alpha value is -0.0800. The predicted octanol–water partition coefficient (Wildman–Crippen LogP) is 3.28. The van der Waals surface area contributed by atoms with Crippen LogP contribution in [0.5, 0.6) is 0 Å². The number of hydrogen-bond acceptors (Lipinski definition) is 2. The molecule has 0 aromatic heterocycles. The van der Waals surface area contributed by atoms with Crippen LogP contribution >= 0.6 is 0 Å². The fourth-order valence-corrected chi connectivity index (χ4v) is 3.77. The summed E-state index contributed by atoms with van der Waals surface area (Å²) in [7, 11) is 0. The summed E-state index contributed by atoms with van der Waals surface area (Å²) < 4.78 is 0. The Morgan fingerprint density at radius 1 is 1.11 bits per heavy atom. The van der Waals surface area contributed by atoms with Crippen LogP contribution in [0.15, 0.2) is 0 Å². The molecule has 0 aromatic carbocycles. The zero-order valence-corrected chi connectivity index (χ0v) is 12.6. The second kappa shape index (κ2) is 6.91. The van der Waals surface area contributed by atoms with Gasteiger partial charge in [0.1, 0.15) is 0 Å². The fraction of sp³-hybridized carbons (Fsp3) is 1.00. The molecule has 2 aliphatic rings. The van der Waals surface area contributed by atoms with Crippen LogP contribution in [0.3, 0.4) is 0 Å². The van der Waals surface area contributed by atoms with Gasteiger partial charge in [0.2, 0.25) is 0 Å². The number of hydrogen-bond donors (Lipinski definition) is 1.